The lowest BCUT2D eigenvalue weighted by Gasteiger charge is -2.17. The molecule has 0 radical (unpaired) electrons. The highest BCUT2D eigenvalue weighted by Crippen LogP contribution is 2.18. The third-order valence-corrected chi connectivity index (χ3v) is 4.16. The van der Waals surface area contributed by atoms with Gasteiger partial charge in [-0.1, -0.05) is 37.1 Å². The predicted octanol–water partition coefficient (Wildman–Crippen LogP) is 2.84. The Bertz CT molecular complexity index is 723. The smallest absolute Gasteiger partial charge is 0.357 e. The highest BCUT2D eigenvalue weighted by atomic mass is 16.5. The van der Waals surface area contributed by atoms with Gasteiger partial charge in [0.2, 0.25) is 0 Å². The molecular weight excluding hydrogens is 292 g/mol. The maximum atomic E-state index is 12.2. The first-order chi connectivity index (χ1) is 11.1. The van der Waals surface area contributed by atoms with Crippen LogP contribution in [-0.4, -0.2) is 29.0 Å². The van der Waals surface area contributed by atoms with Crippen molar-refractivity contribution in [1.82, 2.24) is 10.3 Å². The van der Waals surface area contributed by atoms with Crippen molar-refractivity contribution >= 4 is 22.8 Å². The van der Waals surface area contributed by atoms with Crippen molar-refractivity contribution in [2.75, 3.05) is 0 Å². The van der Waals surface area contributed by atoms with Gasteiger partial charge < -0.3 is 10.1 Å². The van der Waals surface area contributed by atoms with Gasteiger partial charge in [-0.2, -0.15) is 0 Å². The summed E-state index contributed by atoms with van der Waals surface area (Å²) in [7, 11) is 0. The Hall–Kier alpha value is -2.43. The van der Waals surface area contributed by atoms with Gasteiger partial charge in [-0.05, 0) is 31.9 Å². The van der Waals surface area contributed by atoms with E-state index in [-0.39, 0.29) is 17.6 Å². The monoisotopic (exact) mass is 312 g/mol. The number of carbonyl (C=O) groups is 2. The molecule has 120 valence electrons. The van der Waals surface area contributed by atoms with Gasteiger partial charge in [-0.25, -0.2) is 9.78 Å². The Labute approximate surface area is 135 Å². The number of fused-ring (bicyclic) bond motifs is 1. The number of amides is 1. The standard InChI is InChI=1S/C18H20N2O3/c1-12(17(21)19-14-7-3-4-8-14)23-18(22)16-11-10-13-6-2-5-9-15(13)20-16/h2,5-6,9-12,14H,3-4,7-8H2,1H3,(H,19,21)/t12-/m0/s1. The molecular formula is C18H20N2O3. The van der Waals surface area contributed by atoms with E-state index in [1.165, 1.54) is 0 Å². The first-order valence-electron chi connectivity index (χ1n) is 8.00. The molecule has 0 bridgehead atoms. The second-order valence-corrected chi connectivity index (χ2v) is 5.93. The van der Waals surface area contributed by atoms with Crippen LogP contribution in [0.15, 0.2) is 36.4 Å². The largest absolute Gasteiger partial charge is 0.448 e. The maximum absolute atomic E-state index is 12.2. The molecule has 1 aliphatic carbocycles. The van der Waals surface area contributed by atoms with Crippen molar-refractivity contribution < 1.29 is 14.3 Å². The molecule has 1 atom stereocenters. The third-order valence-electron chi connectivity index (χ3n) is 4.16. The zero-order valence-electron chi connectivity index (χ0n) is 13.1. The summed E-state index contributed by atoms with van der Waals surface area (Å²) in [5.74, 6) is -0.823. The number of rotatable bonds is 4. The quantitative estimate of drug-likeness (QED) is 0.882. The number of aromatic nitrogens is 1. The van der Waals surface area contributed by atoms with Crippen LogP contribution in [0.2, 0.25) is 0 Å². The number of carbonyl (C=O) groups excluding carboxylic acids is 2. The summed E-state index contributed by atoms with van der Waals surface area (Å²) < 4.78 is 5.24. The van der Waals surface area contributed by atoms with E-state index in [4.69, 9.17) is 4.74 Å². The van der Waals surface area contributed by atoms with Crippen LogP contribution in [0.5, 0.6) is 0 Å². The summed E-state index contributed by atoms with van der Waals surface area (Å²) in [6.07, 6.45) is 3.45. The van der Waals surface area contributed by atoms with Crippen LogP contribution in [0, 0.1) is 0 Å². The van der Waals surface area contributed by atoms with Crippen LogP contribution in [0.25, 0.3) is 10.9 Å². The van der Waals surface area contributed by atoms with E-state index in [9.17, 15) is 9.59 Å². The molecule has 1 N–H and O–H groups in total. The predicted molar refractivity (Wildman–Crippen MR) is 87.0 cm³/mol. The van der Waals surface area contributed by atoms with Gasteiger partial charge in [0.1, 0.15) is 5.69 Å². The molecule has 5 nitrogen and oxygen atoms in total. The lowest BCUT2D eigenvalue weighted by Crippen LogP contribution is -2.40. The second-order valence-electron chi connectivity index (χ2n) is 5.93. The van der Waals surface area contributed by atoms with Crippen molar-refractivity contribution in [2.24, 2.45) is 0 Å². The van der Waals surface area contributed by atoms with Crippen LogP contribution in [0.4, 0.5) is 0 Å². The molecule has 1 fully saturated rings. The van der Waals surface area contributed by atoms with Crippen molar-refractivity contribution in [3.63, 3.8) is 0 Å². The summed E-state index contributed by atoms with van der Waals surface area (Å²) in [5, 5.41) is 3.88. The molecule has 0 saturated heterocycles. The molecule has 1 amide bonds. The van der Waals surface area contributed by atoms with E-state index in [0.29, 0.717) is 0 Å². The van der Waals surface area contributed by atoms with Gasteiger partial charge in [-0.15, -0.1) is 0 Å². The molecule has 1 saturated carbocycles. The van der Waals surface area contributed by atoms with Crippen molar-refractivity contribution in [3.8, 4) is 0 Å². The molecule has 0 aliphatic heterocycles. The maximum Gasteiger partial charge on any atom is 0.357 e. The zero-order valence-corrected chi connectivity index (χ0v) is 13.1. The van der Waals surface area contributed by atoms with Gasteiger partial charge in [0, 0.05) is 11.4 Å². The van der Waals surface area contributed by atoms with Crippen molar-refractivity contribution in [1.29, 1.82) is 0 Å². The molecule has 0 spiro atoms. The fourth-order valence-electron chi connectivity index (χ4n) is 2.84. The lowest BCUT2D eigenvalue weighted by molar-refractivity contribution is -0.129. The number of nitrogens with one attached hydrogen (secondary N) is 1. The van der Waals surface area contributed by atoms with Gasteiger partial charge >= 0.3 is 5.97 Å². The van der Waals surface area contributed by atoms with Crippen LogP contribution < -0.4 is 5.32 Å². The van der Waals surface area contributed by atoms with Gasteiger partial charge in [0.05, 0.1) is 5.52 Å². The summed E-state index contributed by atoms with van der Waals surface area (Å²) in [6.45, 7) is 1.59. The highest BCUT2D eigenvalue weighted by molar-refractivity contribution is 5.93. The van der Waals surface area contributed by atoms with E-state index in [1.807, 2.05) is 30.3 Å². The minimum Gasteiger partial charge on any atom is -0.448 e. The number of pyridine rings is 1. The highest BCUT2D eigenvalue weighted by Gasteiger charge is 2.23. The fourth-order valence-corrected chi connectivity index (χ4v) is 2.84. The molecule has 3 rings (SSSR count). The molecule has 0 unspecified atom stereocenters. The minimum atomic E-state index is -0.823. The number of ether oxygens (including phenoxy) is 1. The molecule has 5 heteroatoms. The molecule has 1 aromatic heterocycles. The Kier molecular flexibility index (Phi) is 4.55. The Balaban J connectivity index is 1.63. The third kappa shape index (κ3) is 3.67. The van der Waals surface area contributed by atoms with E-state index in [0.717, 1.165) is 36.6 Å². The van der Waals surface area contributed by atoms with Gasteiger partial charge in [0.15, 0.2) is 6.10 Å². The van der Waals surface area contributed by atoms with E-state index in [2.05, 4.69) is 10.3 Å². The van der Waals surface area contributed by atoms with Gasteiger partial charge in [0.25, 0.3) is 5.91 Å². The first kappa shape index (κ1) is 15.5. The molecule has 1 aromatic carbocycles. The van der Waals surface area contributed by atoms with Crippen LogP contribution >= 0.6 is 0 Å². The number of hydrogen-bond acceptors (Lipinski definition) is 4. The van der Waals surface area contributed by atoms with Crippen LogP contribution in [0.1, 0.15) is 43.1 Å². The summed E-state index contributed by atoms with van der Waals surface area (Å²) in [4.78, 5) is 28.5. The topological polar surface area (TPSA) is 68.3 Å². The number of nitrogens with zero attached hydrogens (tertiary/aromatic N) is 1. The SMILES string of the molecule is C[C@H](OC(=O)c1ccc2ccccc2n1)C(=O)NC1CCCC1. The summed E-state index contributed by atoms with van der Waals surface area (Å²) >= 11 is 0. The van der Waals surface area contributed by atoms with E-state index in [1.54, 1.807) is 13.0 Å². The number of para-hydroxylation sites is 1. The first-order valence-corrected chi connectivity index (χ1v) is 8.00. The van der Waals surface area contributed by atoms with Crippen molar-refractivity contribution in [3.05, 3.63) is 42.1 Å². The van der Waals surface area contributed by atoms with Crippen LogP contribution in [0.3, 0.4) is 0 Å². The average molecular weight is 312 g/mol. The Morgan fingerprint density at radius 2 is 1.91 bits per heavy atom. The minimum absolute atomic E-state index is 0.211. The zero-order chi connectivity index (χ0) is 16.2. The molecule has 2 aromatic rings. The molecule has 1 aliphatic rings. The van der Waals surface area contributed by atoms with E-state index >= 15 is 0 Å². The van der Waals surface area contributed by atoms with Gasteiger partial charge in [-0.3, -0.25) is 4.79 Å². The Morgan fingerprint density at radius 3 is 2.70 bits per heavy atom. The summed E-state index contributed by atoms with van der Waals surface area (Å²) in [5.41, 5.74) is 0.939. The van der Waals surface area contributed by atoms with Crippen LogP contribution in [-0.2, 0) is 9.53 Å². The average Bonchev–Trinajstić information content (AvgIpc) is 3.07. The summed E-state index contributed by atoms with van der Waals surface area (Å²) in [6, 6.07) is 11.2. The van der Waals surface area contributed by atoms with Crippen molar-refractivity contribution in [2.45, 2.75) is 44.8 Å². The fraction of sp³-hybridized carbons (Fsp3) is 0.389. The normalized spacial score (nSPS) is 16.2. The second kappa shape index (κ2) is 6.77. The number of hydrogen-bond donors (Lipinski definition) is 1. The number of benzene rings is 1. The molecule has 23 heavy (non-hydrogen) atoms. The number of esters is 1. The van der Waals surface area contributed by atoms with E-state index < -0.39 is 12.1 Å². The lowest BCUT2D eigenvalue weighted by atomic mass is 10.2. The Morgan fingerprint density at radius 1 is 1.17 bits per heavy atom. The molecule has 1 heterocycles.